The third-order valence-electron chi connectivity index (χ3n) is 3.76. The minimum absolute atomic E-state index is 0. The van der Waals surface area contributed by atoms with Gasteiger partial charge in [0.25, 0.3) is 5.91 Å². The maximum Gasteiger partial charge on any atom is 0.252 e. The highest BCUT2D eigenvalue weighted by Crippen LogP contribution is 2.16. The SMILES string of the molecule is CNCCN(C)C(=O)C(NC(=O)c1ccccc1)c1ccccc1.Cl. The van der Waals surface area contributed by atoms with Crippen LogP contribution in [-0.4, -0.2) is 43.9 Å². The number of nitrogens with one attached hydrogen (secondary N) is 2. The van der Waals surface area contributed by atoms with Crippen molar-refractivity contribution < 1.29 is 9.59 Å². The van der Waals surface area contributed by atoms with Gasteiger partial charge < -0.3 is 15.5 Å². The number of carbonyl (C=O) groups excluding carboxylic acids is 2. The molecule has 6 heteroatoms. The first-order valence-corrected chi connectivity index (χ1v) is 7.94. The summed E-state index contributed by atoms with van der Waals surface area (Å²) in [7, 11) is 3.58. The number of rotatable bonds is 7. The van der Waals surface area contributed by atoms with Gasteiger partial charge in [-0.1, -0.05) is 48.5 Å². The van der Waals surface area contributed by atoms with Crippen LogP contribution in [-0.2, 0) is 4.79 Å². The Labute approximate surface area is 154 Å². The molecule has 2 aromatic carbocycles. The summed E-state index contributed by atoms with van der Waals surface area (Å²) >= 11 is 0. The van der Waals surface area contributed by atoms with Crippen LogP contribution >= 0.6 is 12.4 Å². The molecule has 0 aliphatic rings. The second-order valence-electron chi connectivity index (χ2n) is 5.55. The van der Waals surface area contributed by atoms with Crippen molar-refractivity contribution in [2.24, 2.45) is 0 Å². The zero-order valence-corrected chi connectivity index (χ0v) is 15.3. The van der Waals surface area contributed by atoms with Crippen molar-refractivity contribution in [3.8, 4) is 0 Å². The molecule has 134 valence electrons. The summed E-state index contributed by atoms with van der Waals surface area (Å²) in [5.74, 6) is -0.402. The lowest BCUT2D eigenvalue weighted by molar-refractivity contribution is -0.132. The summed E-state index contributed by atoms with van der Waals surface area (Å²) in [5, 5.41) is 5.87. The fourth-order valence-electron chi connectivity index (χ4n) is 2.35. The van der Waals surface area contributed by atoms with Crippen LogP contribution in [0.4, 0.5) is 0 Å². The average molecular weight is 362 g/mol. The van der Waals surface area contributed by atoms with E-state index in [0.717, 1.165) is 5.56 Å². The molecule has 0 aliphatic carbocycles. The molecule has 1 unspecified atom stereocenters. The highest BCUT2D eigenvalue weighted by atomic mass is 35.5. The topological polar surface area (TPSA) is 61.4 Å². The Hall–Kier alpha value is -2.37. The first-order valence-electron chi connectivity index (χ1n) is 7.94. The first kappa shape index (κ1) is 20.7. The van der Waals surface area contributed by atoms with Crippen LogP contribution in [0.5, 0.6) is 0 Å². The standard InChI is InChI=1S/C19H23N3O2.ClH/c1-20-13-14-22(2)19(24)17(15-9-5-3-6-10-15)21-18(23)16-11-7-4-8-12-16;/h3-12,17,20H,13-14H2,1-2H3,(H,21,23);1H. The van der Waals surface area contributed by atoms with E-state index in [1.54, 1.807) is 36.2 Å². The molecule has 2 amide bonds. The molecule has 0 radical (unpaired) electrons. The largest absolute Gasteiger partial charge is 0.342 e. The monoisotopic (exact) mass is 361 g/mol. The minimum atomic E-state index is -0.708. The molecule has 0 aromatic heterocycles. The van der Waals surface area contributed by atoms with Gasteiger partial charge in [-0.25, -0.2) is 0 Å². The van der Waals surface area contributed by atoms with Crippen molar-refractivity contribution in [3.63, 3.8) is 0 Å². The van der Waals surface area contributed by atoms with Gasteiger partial charge in [0.2, 0.25) is 5.91 Å². The molecule has 25 heavy (non-hydrogen) atoms. The van der Waals surface area contributed by atoms with Crippen molar-refractivity contribution in [1.82, 2.24) is 15.5 Å². The number of amides is 2. The maximum atomic E-state index is 12.8. The lowest BCUT2D eigenvalue weighted by Gasteiger charge is -2.25. The Kier molecular flexibility index (Phi) is 8.67. The number of carbonyl (C=O) groups is 2. The molecule has 0 saturated carbocycles. The van der Waals surface area contributed by atoms with Gasteiger partial charge in [0.05, 0.1) is 0 Å². The van der Waals surface area contributed by atoms with Crippen molar-refractivity contribution in [1.29, 1.82) is 0 Å². The number of likely N-dealkylation sites (N-methyl/N-ethyl adjacent to an activating group) is 2. The molecule has 0 saturated heterocycles. The molecule has 0 aliphatic heterocycles. The molecule has 5 nitrogen and oxygen atoms in total. The molecule has 0 heterocycles. The van der Waals surface area contributed by atoms with E-state index < -0.39 is 6.04 Å². The van der Waals surface area contributed by atoms with Crippen LogP contribution in [0.1, 0.15) is 22.0 Å². The second kappa shape index (κ2) is 10.5. The summed E-state index contributed by atoms with van der Waals surface area (Å²) in [6.45, 7) is 1.26. The quantitative estimate of drug-likeness (QED) is 0.795. The van der Waals surface area contributed by atoms with Crippen molar-refractivity contribution in [2.75, 3.05) is 27.2 Å². The molecular weight excluding hydrogens is 338 g/mol. The van der Waals surface area contributed by atoms with Gasteiger partial charge in [-0.15, -0.1) is 12.4 Å². The summed E-state index contributed by atoms with van der Waals surface area (Å²) in [6.07, 6.45) is 0. The molecule has 0 fully saturated rings. The number of nitrogens with zero attached hydrogens (tertiary/aromatic N) is 1. The van der Waals surface area contributed by atoms with E-state index >= 15 is 0 Å². The molecule has 2 rings (SSSR count). The fourth-order valence-corrected chi connectivity index (χ4v) is 2.35. The van der Waals surface area contributed by atoms with Gasteiger partial charge in [-0.05, 0) is 24.7 Å². The second-order valence-corrected chi connectivity index (χ2v) is 5.55. The van der Waals surface area contributed by atoms with Crippen LogP contribution in [0.25, 0.3) is 0 Å². The predicted octanol–water partition coefficient (Wildman–Crippen LogP) is 2.26. The van der Waals surface area contributed by atoms with Gasteiger partial charge in [-0.3, -0.25) is 9.59 Å². The van der Waals surface area contributed by atoms with Crippen molar-refractivity contribution >= 4 is 24.2 Å². The lowest BCUT2D eigenvalue weighted by Crippen LogP contribution is -2.43. The van der Waals surface area contributed by atoms with E-state index in [1.165, 1.54) is 0 Å². The van der Waals surface area contributed by atoms with E-state index in [9.17, 15) is 9.59 Å². The third kappa shape index (κ3) is 5.89. The normalized spacial score (nSPS) is 11.1. The number of hydrogen-bond acceptors (Lipinski definition) is 3. The molecular formula is C19H24ClN3O2. The summed E-state index contributed by atoms with van der Waals surface area (Å²) in [4.78, 5) is 26.9. The highest BCUT2D eigenvalue weighted by Gasteiger charge is 2.25. The minimum Gasteiger partial charge on any atom is -0.342 e. The average Bonchev–Trinajstić information content (AvgIpc) is 2.64. The van der Waals surface area contributed by atoms with Crippen LogP contribution < -0.4 is 10.6 Å². The Morgan fingerprint density at radius 3 is 2.12 bits per heavy atom. The zero-order chi connectivity index (χ0) is 17.4. The van der Waals surface area contributed by atoms with Gasteiger partial charge in [-0.2, -0.15) is 0 Å². The fraction of sp³-hybridized carbons (Fsp3) is 0.263. The van der Waals surface area contributed by atoms with Gasteiger partial charge in [0, 0.05) is 25.7 Å². The number of hydrogen-bond donors (Lipinski definition) is 2. The maximum absolute atomic E-state index is 12.8. The van der Waals surface area contributed by atoms with E-state index in [0.29, 0.717) is 18.7 Å². The van der Waals surface area contributed by atoms with Crippen LogP contribution in [0.3, 0.4) is 0 Å². The highest BCUT2D eigenvalue weighted by molar-refractivity contribution is 5.97. The van der Waals surface area contributed by atoms with E-state index in [-0.39, 0.29) is 24.2 Å². The molecule has 1 atom stereocenters. The number of halogens is 1. The van der Waals surface area contributed by atoms with Crippen molar-refractivity contribution in [3.05, 3.63) is 71.8 Å². The van der Waals surface area contributed by atoms with Gasteiger partial charge in [0.15, 0.2) is 0 Å². The van der Waals surface area contributed by atoms with E-state index in [1.807, 2.05) is 43.4 Å². The Morgan fingerprint density at radius 1 is 1.00 bits per heavy atom. The summed E-state index contributed by atoms with van der Waals surface area (Å²) < 4.78 is 0. The Balaban J connectivity index is 0.00000312. The van der Waals surface area contributed by atoms with Crippen molar-refractivity contribution in [2.45, 2.75) is 6.04 Å². The first-order chi connectivity index (χ1) is 11.6. The van der Waals surface area contributed by atoms with E-state index in [4.69, 9.17) is 0 Å². The Bertz CT molecular complexity index is 665. The molecule has 2 aromatic rings. The van der Waals surface area contributed by atoms with E-state index in [2.05, 4.69) is 10.6 Å². The van der Waals surface area contributed by atoms with Gasteiger partial charge in [0.1, 0.15) is 6.04 Å². The summed E-state index contributed by atoms with van der Waals surface area (Å²) in [6, 6.07) is 17.5. The van der Waals surface area contributed by atoms with Crippen LogP contribution in [0.2, 0.25) is 0 Å². The molecule has 0 bridgehead atoms. The third-order valence-corrected chi connectivity index (χ3v) is 3.76. The lowest BCUT2D eigenvalue weighted by atomic mass is 10.0. The zero-order valence-electron chi connectivity index (χ0n) is 14.4. The van der Waals surface area contributed by atoms with Crippen LogP contribution in [0.15, 0.2) is 60.7 Å². The van der Waals surface area contributed by atoms with Crippen LogP contribution in [0, 0.1) is 0 Å². The number of benzene rings is 2. The molecule has 0 spiro atoms. The molecule has 2 N–H and O–H groups in total. The Morgan fingerprint density at radius 2 is 1.56 bits per heavy atom. The summed E-state index contributed by atoms with van der Waals surface area (Å²) in [5.41, 5.74) is 1.30. The smallest absolute Gasteiger partial charge is 0.252 e. The van der Waals surface area contributed by atoms with Gasteiger partial charge >= 0.3 is 0 Å². The predicted molar refractivity (Wildman–Crippen MR) is 102 cm³/mol.